The highest BCUT2D eigenvalue weighted by molar-refractivity contribution is 5.98. The summed E-state index contributed by atoms with van der Waals surface area (Å²) in [4.78, 5) is 19.1. The van der Waals surface area contributed by atoms with Crippen molar-refractivity contribution in [2.24, 2.45) is 5.16 Å². The summed E-state index contributed by atoms with van der Waals surface area (Å²) in [6.45, 7) is 6.23. The first-order valence-corrected chi connectivity index (χ1v) is 9.97. The highest BCUT2D eigenvalue weighted by Crippen LogP contribution is 2.29. The largest absolute Gasteiger partial charge is 0.387 e. The van der Waals surface area contributed by atoms with E-state index in [9.17, 15) is 0 Å². The monoisotopic (exact) mass is 411 g/mol. The van der Waals surface area contributed by atoms with Gasteiger partial charge in [0, 0.05) is 11.9 Å². The first kappa shape index (κ1) is 18.9. The van der Waals surface area contributed by atoms with E-state index >= 15 is 0 Å². The van der Waals surface area contributed by atoms with Gasteiger partial charge in [0.1, 0.15) is 6.33 Å². The fraction of sp³-hybridized carbons (Fsp3) is 0.174. The van der Waals surface area contributed by atoms with E-state index in [0.29, 0.717) is 5.82 Å². The van der Waals surface area contributed by atoms with Crippen molar-refractivity contribution in [3.8, 4) is 5.69 Å². The molecular weight excluding hydrogens is 390 g/mol. The molecule has 0 bridgehead atoms. The maximum absolute atomic E-state index is 5.52. The fourth-order valence-electron chi connectivity index (χ4n) is 3.69. The van der Waals surface area contributed by atoms with Gasteiger partial charge in [-0.15, -0.1) is 5.10 Å². The van der Waals surface area contributed by atoms with Crippen LogP contribution in [-0.4, -0.2) is 34.8 Å². The van der Waals surface area contributed by atoms with Gasteiger partial charge in [0.15, 0.2) is 23.7 Å². The van der Waals surface area contributed by atoms with E-state index in [1.807, 2.05) is 55.6 Å². The van der Waals surface area contributed by atoms with Crippen molar-refractivity contribution >= 4 is 22.4 Å². The van der Waals surface area contributed by atoms with Crippen LogP contribution in [0.4, 0.5) is 0 Å². The summed E-state index contributed by atoms with van der Waals surface area (Å²) in [6.07, 6.45) is 5.27. The van der Waals surface area contributed by atoms with Crippen molar-refractivity contribution in [1.82, 2.24) is 29.1 Å². The second-order valence-electron chi connectivity index (χ2n) is 7.31. The molecule has 4 heterocycles. The molecule has 0 aliphatic heterocycles. The van der Waals surface area contributed by atoms with Crippen LogP contribution < -0.4 is 0 Å². The van der Waals surface area contributed by atoms with Crippen LogP contribution in [-0.2, 0) is 11.4 Å². The molecule has 31 heavy (non-hydrogen) atoms. The molecule has 8 nitrogen and oxygen atoms in total. The molecule has 0 aliphatic carbocycles. The van der Waals surface area contributed by atoms with Crippen LogP contribution in [0, 0.1) is 13.8 Å². The van der Waals surface area contributed by atoms with Crippen molar-refractivity contribution in [2.45, 2.75) is 27.4 Å². The van der Waals surface area contributed by atoms with E-state index in [2.05, 4.69) is 38.6 Å². The summed E-state index contributed by atoms with van der Waals surface area (Å²) in [5.74, 6) is 0.546. The Morgan fingerprint density at radius 3 is 2.68 bits per heavy atom. The van der Waals surface area contributed by atoms with Crippen LogP contribution in [0.1, 0.15) is 29.6 Å². The molecule has 5 aromatic rings. The Morgan fingerprint density at radius 1 is 1.06 bits per heavy atom. The Morgan fingerprint density at radius 2 is 1.90 bits per heavy atom. The molecule has 4 aromatic heterocycles. The molecule has 154 valence electrons. The summed E-state index contributed by atoms with van der Waals surface area (Å²) in [6, 6.07) is 13.8. The Kier molecular flexibility index (Phi) is 4.66. The second-order valence-corrected chi connectivity index (χ2v) is 7.31. The number of aryl methyl sites for hydroxylation is 1. The van der Waals surface area contributed by atoms with Crippen molar-refractivity contribution in [3.05, 3.63) is 83.8 Å². The summed E-state index contributed by atoms with van der Waals surface area (Å²) < 4.78 is 3.78. The first-order chi connectivity index (χ1) is 15.1. The molecule has 0 atom stereocenters. The number of nitrogens with zero attached hydrogens (tertiary/aromatic N) is 7. The van der Waals surface area contributed by atoms with E-state index in [1.165, 1.54) is 0 Å². The molecule has 0 spiro atoms. The van der Waals surface area contributed by atoms with Crippen LogP contribution in [0.15, 0.2) is 66.3 Å². The highest BCUT2D eigenvalue weighted by atomic mass is 16.6. The van der Waals surface area contributed by atoms with Gasteiger partial charge in [0.2, 0.25) is 0 Å². The lowest BCUT2D eigenvalue weighted by atomic mass is 10.1. The van der Waals surface area contributed by atoms with Gasteiger partial charge < -0.3 is 4.84 Å². The van der Waals surface area contributed by atoms with E-state index in [1.54, 1.807) is 17.0 Å². The molecule has 0 fully saturated rings. The van der Waals surface area contributed by atoms with Gasteiger partial charge in [-0.2, -0.15) is 0 Å². The lowest BCUT2D eigenvalue weighted by Gasteiger charge is -2.06. The zero-order valence-electron chi connectivity index (χ0n) is 17.5. The number of oxime groups is 1. The summed E-state index contributed by atoms with van der Waals surface area (Å²) in [7, 11) is 0. The number of hydrogen-bond acceptors (Lipinski definition) is 6. The topological polar surface area (TPSA) is 82.5 Å². The third kappa shape index (κ3) is 3.31. The van der Waals surface area contributed by atoms with Crippen molar-refractivity contribution in [1.29, 1.82) is 0 Å². The molecule has 0 N–H and O–H groups in total. The molecule has 0 saturated carbocycles. The minimum Gasteiger partial charge on any atom is -0.387 e. The average molecular weight is 411 g/mol. The second kappa shape index (κ2) is 7.64. The Hall–Kier alpha value is -4.07. The van der Waals surface area contributed by atoms with Gasteiger partial charge in [-0.1, -0.05) is 35.5 Å². The van der Waals surface area contributed by atoms with Crippen LogP contribution in [0.2, 0.25) is 0 Å². The number of rotatable bonds is 5. The number of benzene rings is 1. The fourth-order valence-corrected chi connectivity index (χ4v) is 3.69. The number of aromatic nitrogens is 6. The zero-order valence-corrected chi connectivity index (χ0v) is 17.5. The predicted molar refractivity (Wildman–Crippen MR) is 118 cm³/mol. The van der Waals surface area contributed by atoms with Gasteiger partial charge in [0.05, 0.1) is 23.0 Å². The lowest BCUT2D eigenvalue weighted by Crippen LogP contribution is -1.99. The molecule has 0 aliphatic rings. The number of fused-ring (bicyclic) bond motifs is 3. The Labute approximate surface area is 178 Å². The zero-order chi connectivity index (χ0) is 21.4. The summed E-state index contributed by atoms with van der Waals surface area (Å²) in [5.41, 5.74) is 6.54. The van der Waals surface area contributed by atoms with E-state index in [4.69, 9.17) is 9.82 Å². The molecular formula is C23H21N7O. The first-order valence-electron chi connectivity index (χ1n) is 9.97. The van der Waals surface area contributed by atoms with Crippen molar-refractivity contribution in [3.63, 3.8) is 0 Å². The van der Waals surface area contributed by atoms with Gasteiger partial charge in [-0.05, 0) is 44.0 Å². The van der Waals surface area contributed by atoms with Crippen LogP contribution >= 0.6 is 0 Å². The average Bonchev–Trinajstić information content (AvgIpc) is 3.33. The van der Waals surface area contributed by atoms with Crippen LogP contribution in [0.3, 0.4) is 0 Å². The predicted octanol–water partition coefficient (Wildman–Crippen LogP) is 4.02. The lowest BCUT2D eigenvalue weighted by molar-refractivity contribution is 0.125. The number of pyridine rings is 1. The Bertz CT molecular complexity index is 1400. The third-order valence-corrected chi connectivity index (χ3v) is 5.37. The normalized spacial score (nSPS) is 12.0. The summed E-state index contributed by atoms with van der Waals surface area (Å²) in [5, 5.41) is 9.68. The van der Waals surface area contributed by atoms with Crippen molar-refractivity contribution in [2.75, 3.05) is 0 Å². The van der Waals surface area contributed by atoms with Crippen LogP contribution in [0.25, 0.3) is 22.4 Å². The van der Waals surface area contributed by atoms with E-state index < -0.39 is 0 Å². The molecule has 1 aromatic carbocycles. The van der Waals surface area contributed by atoms with E-state index in [0.717, 1.165) is 44.9 Å². The SMILES string of the molecule is C/C(=N\OCc1nc2c3c(C)c(C)n(-c4cccnc4)c3ncn2n1)c1ccccc1. The molecule has 5 rings (SSSR count). The standard InChI is InChI=1S/C23H21N7O/c1-15-17(3)30(19-10-7-11-24-12-19)22-21(15)23-26-20(27-29(23)14-25-22)13-31-28-16(2)18-8-5-4-6-9-18/h4-12,14H,13H2,1-3H3/b28-16+. The quantitative estimate of drug-likeness (QED) is 0.322. The van der Waals surface area contributed by atoms with Gasteiger partial charge in [-0.25, -0.2) is 14.5 Å². The molecule has 0 radical (unpaired) electrons. The molecule has 0 unspecified atom stereocenters. The minimum absolute atomic E-state index is 0.175. The highest BCUT2D eigenvalue weighted by Gasteiger charge is 2.19. The minimum atomic E-state index is 0.175. The summed E-state index contributed by atoms with van der Waals surface area (Å²) >= 11 is 0. The van der Waals surface area contributed by atoms with Gasteiger partial charge >= 0.3 is 0 Å². The van der Waals surface area contributed by atoms with Gasteiger partial charge in [-0.3, -0.25) is 9.55 Å². The maximum atomic E-state index is 5.52. The molecule has 8 heteroatoms. The van der Waals surface area contributed by atoms with E-state index in [-0.39, 0.29) is 6.61 Å². The van der Waals surface area contributed by atoms with Gasteiger partial charge in [0.25, 0.3) is 0 Å². The Balaban J connectivity index is 1.50. The molecule has 0 saturated heterocycles. The number of hydrogen-bond donors (Lipinski definition) is 0. The van der Waals surface area contributed by atoms with Crippen molar-refractivity contribution < 1.29 is 4.84 Å². The smallest absolute Gasteiger partial charge is 0.192 e. The van der Waals surface area contributed by atoms with Crippen LogP contribution in [0.5, 0.6) is 0 Å². The maximum Gasteiger partial charge on any atom is 0.192 e. The molecule has 0 amide bonds. The third-order valence-electron chi connectivity index (χ3n) is 5.37.